The summed E-state index contributed by atoms with van der Waals surface area (Å²) in [5, 5.41) is 0. The SMILES string of the molecule is COc1ccc(/C=C2\C[C@H]3[C@@H]4CC=C5C[C@@H](OC(C)=O)CC[C@]5(C)[C@H]4CC[C@]3(C)[C@H]2OC(C)=O)cc1OCCN1CCCCC1. The zero-order valence-electron chi connectivity index (χ0n) is 28.1. The number of methoxy groups -OCH3 is 1. The lowest BCUT2D eigenvalue weighted by molar-refractivity contribution is -0.154. The Morgan fingerprint density at radius 1 is 0.956 bits per heavy atom. The van der Waals surface area contributed by atoms with Gasteiger partial charge in [-0.2, -0.15) is 0 Å². The lowest BCUT2D eigenvalue weighted by atomic mass is 9.48. The minimum absolute atomic E-state index is 0.00438. The van der Waals surface area contributed by atoms with Crippen LogP contribution in [-0.2, 0) is 19.1 Å². The summed E-state index contributed by atoms with van der Waals surface area (Å²) in [6, 6.07) is 6.15. The molecule has 1 aromatic carbocycles. The summed E-state index contributed by atoms with van der Waals surface area (Å²) < 4.78 is 23.8. The van der Waals surface area contributed by atoms with Crippen molar-refractivity contribution in [3.8, 4) is 11.5 Å². The van der Waals surface area contributed by atoms with Crippen LogP contribution in [0.25, 0.3) is 6.08 Å². The van der Waals surface area contributed by atoms with Crippen LogP contribution in [-0.4, -0.2) is 62.4 Å². The molecule has 0 spiro atoms. The molecule has 4 fully saturated rings. The number of allylic oxidation sites excluding steroid dienone is 1. The average Bonchev–Trinajstić information content (AvgIpc) is 3.28. The van der Waals surface area contributed by atoms with Crippen molar-refractivity contribution in [1.29, 1.82) is 0 Å². The van der Waals surface area contributed by atoms with Gasteiger partial charge >= 0.3 is 11.9 Å². The molecule has 0 radical (unpaired) electrons. The number of fused-ring (bicyclic) bond motifs is 5. The monoisotopic (exact) mass is 619 g/mol. The Morgan fingerprint density at radius 2 is 1.73 bits per heavy atom. The third-order valence-electron chi connectivity index (χ3n) is 12.2. The molecule has 0 N–H and O–H groups in total. The molecular weight excluding hydrogens is 566 g/mol. The molecule has 5 aliphatic rings. The van der Waals surface area contributed by atoms with Gasteiger partial charge in [0, 0.05) is 32.2 Å². The summed E-state index contributed by atoms with van der Waals surface area (Å²) in [6.45, 7) is 11.7. The average molecular weight is 620 g/mol. The van der Waals surface area contributed by atoms with E-state index in [2.05, 4.69) is 43.0 Å². The van der Waals surface area contributed by atoms with E-state index >= 15 is 0 Å². The van der Waals surface area contributed by atoms with Gasteiger partial charge in [-0.25, -0.2) is 0 Å². The van der Waals surface area contributed by atoms with E-state index in [0.29, 0.717) is 24.4 Å². The lowest BCUT2D eigenvalue weighted by Gasteiger charge is -2.57. The fourth-order valence-electron chi connectivity index (χ4n) is 9.89. The molecule has 0 unspecified atom stereocenters. The Hall–Kier alpha value is -2.80. The van der Waals surface area contributed by atoms with E-state index in [1.165, 1.54) is 37.3 Å². The first kappa shape index (κ1) is 32.2. The molecule has 7 atom stereocenters. The fourth-order valence-corrected chi connectivity index (χ4v) is 9.89. The van der Waals surface area contributed by atoms with E-state index in [-0.39, 0.29) is 35.0 Å². The van der Waals surface area contributed by atoms with Crippen LogP contribution in [0.2, 0.25) is 0 Å². The maximum absolute atomic E-state index is 12.5. The van der Waals surface area contributed by atoms with Gasteiger partial charge in [-0.3, -0.25) is 14.5 Å². The molecule has 7 heteroatoms. The summed E-state index contributed by atoms with van der Waals surface area (Å²) >= 11 is 0. The number of likely N-dealkylation sites (tertiary alicyclic amines) is 1. The Labute approximate surface area is 269 Å². The van der Waals surface area contributed by atoms with Crippen LogP contribution in [0, 0.1) is 28.6 Å². The first-order valence-electron chi connectivity index (χ1n) is 17.4. The molecule has 45 heavy (non-hydrogen) atoms. The summed E-state index contributed by atoms with van der Waals surface area (Å²) in [5.41, 5.74) is 3.79. The Bertz CT molecular complexity index is 1330. The largest absolute Gasteiger partial charge is 0.493 e. The number of hydrogen-bond donors (Lipinski definition) is 0. The highest BCUT2D eigenvalue weighted by atomic mass is 16.5. The fraction of sp³-hybridized carbons (Fsp3) is 0.684. The van der Waals surface area contributed by atoms with Gasteiger partial charge in [0.1, 0.15) is 18.8 Å². The molecule has 0 aromatic heterocycles. The van der Waals surface area contributed by atoms with Gasteiger partial charge in [-0.15, -0.1) is 0 Å². The minimum Gasteiger partial charge on any atom is -0.493 e. The predicted molar refractivity (Wildman–Crippen MR) is 175 cm³/mol. The van der Waals surface area contributed by atoms with Crippen LogP contribution in [0.5, 0.6) is 11.5 Å². The lowest BCUT2D eigenvalue weighted by Crippen LogP contribution is -2.51. The molecule has 1 aromatic rings. The number of carbonyl (C=O) groups excluding carboxylic acids is 2. The van der Waals surface area contributed by atoms with E-state index in [1.54, 1.807) is 14.0 Å². The van der Waals surface area contributed by atoms with Gasteiger partial charge in [0.2, 0.25) is 0 Å². The molecule has 1 aliphatic heterocycles. The number of piperidine rings is 1. The summed E-state index contributed by atoms with van der Waals surface area (Å²) in [7, 11) is 1.69. The molecule has 1 heterocycles. The maximum Gasteiger partial charge on any atom is 0.303 e. The number of carbonyl (C=O) groups is 2. The summed E-state index contributed by atoms with van der Waals surface area (Å²) in [4.78, 5) is 26.6. The van der Waals surface area contributed by atoms with Crippen LogP contribution in [0.4, 0.5) is 0 Å². The molecule has 7 nitrogen and oxygen atoms in total. The van der Waals surface area contributed by atoms with Gasteiger partial charge in [-0.05, 0) is 111 Å². The highest BCUT2D eigenvalue weighted by Gasteiger charge is 2.61. The second-order valence-corrected chi connectivity index (χ2v) is 14.9. The van der Waals surface area contributed by atoms with Gasteiger partial charge < -0.3 is 18.9 Å². The van der Waals surface area contributed by atoms with Crippen LogP contribution < -0.4 is 9.47 Å². The first-order chi connectivity index (χ1) is 21.6. The van der Waals surface area contributed by atoms with Gasteiger partial charge in [-0.1, -0.05) is 44.1 Å². The van der Waals surface area contributed by atoms with Crippen molar-refractivity contribution < 1.29 is 28.5 Å². The van der Waals surface area contributed by atoms with Gasteiger partial charge in [0.05, 0.1) is 7.11 Å². The van der Waals surface area contributed by atoms with Crippen molar-refractivity contribution in [3.05, 3.63) is 41.0 Å². The van der Waals surface area contributed by atoms with E-state index < -0.39 is 0 Å². The first-order valence-corrected chi connectivity index (χ1v) is 17.4. The summed E-state index contributed by atoms with van der Waals surface area (Å²) in [5.74, 6) is 2.67. The molecular formula is C38H53NO6. The summed E-state index contributed by atoms with van der Waals surface area (Å²) in [6.07, 6.45) is 15.4. The Balaban J connectivity index is 1.24. The van der Waals surface area contributed by atoms with Crippen molar-refractivity contribution in [1.82, 2.24) is 4.90 Å². The Kier molecular flexibility index (Phi) is 9.38. The number of nitrogens with zero attached hydrogens (tertiary/aromatic N) is 1. The van der Waals surface area contributed by atoms with Gasteiger partial charge in [0.15, 0.2) is 11.5 Å². The topological polar surface area (TPSA) is 74.3 Å². The molecule has 0 bridgehead atoms. The quantitative estimate of drug-likeness (QED) is 0.222. The number of hydrogen-bond acceptors (Lipinski definition) is 7. The van der Waals surface area contributed by atoms with Crippen LogP contribution in [0.3, 0.4) is 0 Å². The zero-order valence-corrected chi connectivity index (χ0v) is 28.1. The molecule has 3 saturated carbocycles. The highest BCUT2D eigenvalue weighted by molar-refractivity contribution is 5.68. The van der Waals surface area contributed by atoms with E-state index in [1.807, 2.05) is 6.07 Å². The number of esters is 2. The minimum atomic E-state index is -0.232. The second-order valence-electron chi connectivity index (χ2n) is 14.9. The standard InChI is InChI=1S/C38H53NO6/c1-25(40)44-30-13-15-37(3)29(24-30)10-11-31-32(37)14-16-38(4)33(31)23-28(36(38)45-26(2)41)21-27-9-12-34(42-5)35(22-27)43-20-19-39-17-7-6-8-18-39/h9-10,12,21-22,30-33,36H,6-8,11,13-20,23-24H2,1-5H3/b28-21+/t30-,31+,32-,33-,36-,37-,38-/m0/s1. The smallest absolute Gasteiger partial charge is 0.303 e. The zero-order chi connectivity index (χ0) is 31.8. The normalized spacial score (nSPS) is 35.4. The molecule has 0 amide bonds. The van der Waals surface area contributed by atoms with Crippen molar-refractivity contribution in [2.45, 2.75) is 104 Å². The number of ether oxygens (including phenoxy) is 4. The van der Waals surface area contributed by atoms with Crippen LogP contribution >= 0.6 is 0 Å². The van der Waals surface area contributed by atoms with Crippen LogP contribution in [0.1, 0.15) is 97.5 Å². The third-order valence-corrected chi connectivity index (χ3v) is 12.2. The highest BCUT2D eigenvalue weighted by Crippen LogP contribution is 2.66. The maximum atomic E-state index is 12.5. The molecule has 4 aliphatic carbocycles. The van der Waals surface area contributed by atoms with E-state index in [0.717, 1.165) is 81.6 Å². The van der Waals surface area contributed by atoms with Crippen molar-refractivity contribution in [2.75, 3.05) is 33.4 Å². The van der Waals surface area contributed by atoms with E-state index in [4.69, 9.17) is 18.9 Å². The third kappa shape index (κ3) is 6.43. The molecule has 246 valence electrons. The number of rotatable bonds is 8. The second kappa shape index (κ2) is 13.1. The predicted octanol–water partition coefficient (Wildman–Crippen LogP) is 7.38. The Morgan fingerprint density at radius 3 is 2.47 bits per heavy atom. The van der Waals surface area contributed by atoms with Gasteiger partial charge in [0.25, 0.3) is 0 Å². The van der Waals surface area contributed by atoms with Crippen LogP contribution in [0.15, 0.2) is 35.4 Å². The van der Waals surface area contributed by atoms with Crippen molar-refractivity contribution in [2.24, 2.45) is 28.6 Å². The van der Waals surface area contributed by atoms with Crippen molar-refractivity contribution in [3.63, 3.8) is 0 Å². The van der Waals surface area contributed by atoms with E-state index in [9.17, 15) is 9.59 Å². The van der Waals surface area contributed by atoms with Crippen molar-refractivity contribution >= 4 is 18.0 Å². The number of benzene rings is 1. The molecule has 1 saturated heterocycles. The molecule has 6 rings (SSSR count).